The Balaban J connectivity index is 1.16. The second-order valence-corrected chi connectivity index (χ2v) is 8.61. The maximum absolute atomic E-state index is 6.08. The van der Waals surface area contributed by atoms with Gasteiger partial charge >= 0.3 is 0 Å². The quantitative estimate of drug-likeness (QED) is 0.263. The predicted molar refractivity (Wildman–Crippen MR) is 130 cm³/mol. The normalized spacial score (nSPS) is 11.3. The summed E-state index contributed by atoms with van der Waals surface area (Å²) >= 11 is 6.08. The van der Waals surface area contributed by atoms with Crippen LogP contribution in [0.15, 0.2) is 65.5 Å². The first-order chi connectivity index (χ1) is 16.1. The summed E-state index contributed by atoms with van der Waals surface area (Å²) in [5, 5.41) is 13.0. The zero-order valence-electron chi connectivity index (χ0n) is 18.4. The molecule has 3 heterocycles. The highest BCUT2D eigenvalue weighted by atomic mass is 35.5. The molecule has 0 saturated carbocycles. The standard InChI is InChI=1S/C25H25ClN6O/c1-17-12-21(7-5-18(17)4-2-3-10-32-11-9-28-31-32)27-15-22-16-33-25(29-22)24-14-19-13-20(26)6-8-23(19)30-24/h5-9,11-14,16,27,30H,2-4,10,15H2,1H3. The number of hydrogen-bond donors (Lipinski definition) is 2. The van der Waals surface area contributed by atoms with Gasteiger partial charge in [0, 0.05) is 34.4 Å². The van der Waals surface area contributed by atoms with Crippen molar-refractivity contribution < 1.29 is 4.42 Å². The Morgan fingerprint density at radius 3 is 2.91 bits per heavy atom. The summed E-state index contributed by atoms with van der Waals surface area (Å²) in [6.07, 6.45) is 8.57. The maximum Gasteiger partial charge on any atom is 0.243 e. The van der Waals surface area contributed by atoms with Crippen molar-refractivity contribution >= 4 is 28.2 Å². The molecule has 3 aromatic heterocycles. The fourth-order valence-electron chi connectivity index (χ4n) is 3.95. The first kappa shape index (κ1) is 21.3. The van der Waals surface area contributed by atoms with Gasteiger partial charge in [-0.2, -0.15) is 0 Å². The summed E-state index contributed by atoms with van der Waals surface area (Å²) in [7, 11) is 0. The molecule has 168 valence electrons. The van der Waals surface area contributed by atoms with E-state index in [2.05, 4.69) is 50.7 Å². The Labute approximate surface area is 196 Å². The molecule has 8 heteroatoms. The summed E-state index contributed by atoms with van der Waals surface area (Å²) in [6.45, 7) is 3.66. The molecule has 0 aliphatic carbocycles. The Kier molecular flexibility index (Phi) is 6.13. The molecule has 0 spiro atoms. The molecule has 0 fully saturated rings. The Hall–Kier alpha value is -3.58. The van der Waals surface area contributed by atoms with Gasteiger partial charge in [0.2, 0.25) is 5.89 Å². The average Bonchev–Trinajstić information content (AvgIpc) is 3.56. The second-order valence-electron chi connectivity index (χ2n) is 8.18. The molecule has 2 N–H and O–H groups in total. The number of H-pyrrole nitrogens is 1. The topological polar surface area (TPSA) is 84.6 Å². The minimum atomic E-state index is 0.566. The maximum atomic E-state index is 6.08. The first-order valence-corrected chi connectivity index (χ1v) is 11.4. The van der Waals surface area contributed by atoms with Crippen molar-refractivity contribution in [1.29, 1.82) is 0 Å². The molecular formula is C25H25ClN6O. The second kappa shape index (κ2) is 9.50. The van der Waals surface area contributed by atoms with E-state index in [1.165, 1.54) is 11.1 Å². The third kappa shape index (κ3) is 5.09. The van der Waals surface area contributed by atoms with Crippen LogP contribution in [-0.4, -0.2) is 25.0 Å². The number of aryl methyl sites for hydroxylation is 3. The van der Waals surface area contributed by atoms with Crippen LogP contribution in [0.2, 0.25) is 5.02 Å². The number of aromatic nitrogens is 5. The number of anilines is 1. The molecule has 5 aromatic rings. The van der Waals surface area contributed by atoms with Crippen LogP contribution in [-0.2, 0) is 19.5 Å². The van der Waals surface area contributed by atoms with E-state index in [0.29, 0.717) is 17.5 Å². The smallest absolute Gasteiger partial charge is 0.243 e. The van der Waals surface area contributed by atoms with Gasteiger partial charge in [-0.3, -0.25) is 4.68 Å². The molecule has 0 radical (unpaired) electrons. The summed E-state index contributed by atoms with van der Waals surface area (Å²) in [4.78, 5) is 7.94. The number of unbranched alkanes of at least 4 members (excludes halogenated alkanes) is 1. The van der Waals surface area contributed by atoms with E-state index < -0.39 is 0 Å². The predicted octanol–water partition coefficient (Wildman–Crippen LogP) is 6.01. The van der Waals surface area contributed by atoms with Gasteiger partial charge in [0.25, 0.3) is 0 Å². The molecule has 0 saturated heterocycles. The lowest BCUT2D eigenvalue weighted by Gasteiger charge is -2.10. The fraction of sp³-hybridized carbons (Fsp3) is 0.240. The Morgan fingerprint density at radius 2 is 2.06 bits per heavy atom. The number of rotatable bonds is 9. The number of nitrogens with one attached hydrogen (secondary N) is 2. The average molecular weight is 461 g/mol. The van der Waals surface area contributed by atoms with Crippen LogP contribution in [0, 0.1) is 6.92 Å². The van der Waals surface area contributed by atoms with Crippen LogP contribution >= 0.6 is 11.6 Å². The number of oxazole rings is 1. The third-order valence-corrected chi connectivity index (χ3v) is 5.97. The Morgan fingerprint density at radius 1 is 1.12 bits per heavy atom. The number of aromatic amines is 1. The monoisotopic (exact) mass is 460 g/mol. The van der Waals surface area contributed by atoms with Gasteiger partial charge in [0.05, 0.1) is 18.4 Å². The number of halogens is 1. The van der Waals surface area contributed by atoms with Crippen molar-refractivity contribution in [2.24, 2.45) is 0 Å². The van der Waals surface area contributed by atoms with Crippen molar-refractivity contribution in [3.05, 3.63) is 83.0 Å². The summed E-state index contributed by atoms with van der Waals surface area (Å²) in [5.41, 5.74) is 6.42. The molecule has 0 aliphatic heterocycles. The van der Waals surface area contributed by atoms with Gasteiger partial charge < -0.3 is 14.7 Å². The minimum absolute atomic E-state index is 0.566. The van der Waals surface area contributed by atoms with Crippen molar-refractivity contribution in [2.75, 3.05) is 5.32 Å². The number of fused-ring (bicyclic) bond motifs is 1. The van der Waals surface area contributed by atoms with E-state index in [9.17, 15) is 0 Å². The first-order valence-electron chi connectivity index (χ1n) is 11.0. The van der Waals surface area contributed by atoms with Gasteiger partial charge in [-0.25, -0.2) is 4.98 Å². The lowest BCUT2D eigenvalue weighted by molar-refractivity contribution is 0.541. The molecular weight excluding hydrogens is 436 g/mol. The largest absolute Gasteiger partial charge is 0.443 e. The van der Waals surface area contributed by atoms with Crippen molar-refractivity contribution in [1.82, 2.24) is 25.0 Å². The van der Waals surface area contributed by atoms with Gasteiger partial charge in [0.15, 0.2) is 0 Å². The lowest BCUT2D eigenvalue weighted by atomic mass is 10.0. The van der Waals surface area contributed by atoms with Crippen LogP contribution < -0.4 is 5.32 Å². The SMILES string of the molecule is Cc1cc(NCc2coc(-c3cc4cc(Cl)ccc4[nH]3)n2)ccc1CCCCn1ccnn1. The summed E-state index contributed by atoms with van der Waals surface area (Å²) in [6, 6.07) is 14.3. The van der Waals surface area contributed by atoms with Crippen LogP contribution in [0.1, 0.15) is 29.7 Å². The van der Waals surface area contributed by atoms with Gasteiger partial charge in [-0.1, -0.05) is 22.9 Å². The summed E-state index contributed by atoms with van der Waals surface area (Å²) < 4.78 is 7.58. The van der Waals surface area contributed by atoms with Crippen molar-refractivity contribution in [2.45, 2.75) is 39.3 Å². The molecule has 0 bridgehead atoms. The zero-order valence-corrected chi connectivity index (χ0v) is 19.1. The van der Waals surface area contributed by atoms with Crippen molar-refractivity contribution in [3.8, 4) is 11.6 Å². The van der Waals surface area contributed by atoms with E-state index in [4.69, 9.17) is 16.0 Å². The highest BCUT2D eigenvalue weighted by Gasteiger charge is 2.10. The van der Waals surface area contributed by atoms with E-state index in [1.54, 1.807) is 12.5 Å². The Bertz CT molecular complexity index is 1350. The third-order valence-electron chi connectivity index (χ3n) is 5.74. The van der Waals surface area contributed by atoms with E-state index in [-0.39, 0.29) is 0 Å². The molecule has 0 aliphatic rings. The molecule has 0 atom stereocenters. The molecule has 5 rings (SSSR count). The van der Waals surface area contributed by atoms with Crippen LogP contribution in [0.25, 0.3) is 22.5 Å². The minimum Gasteiger partial charge on any atom is -0.443 e. The number of hydrogen-bond acceptors (Lipinski definition) is 5. The number of nitrogens with zero attached hydrogens (tertiary/aromatic N) is 4. The van der Waals surface area contributed by atoms with Gasteiger partial charge in [-0.05, 0) is 73.7 Å². The van der Waals surface area contributed by atoms with Gasteiger partial charge in [0.1, 0.15) is 12.0 Å². The van der Waals surface area contributed by atoms with E-state index in [0.717, 1.165) is 53.8 Å². The van der Waals surface area contributed by atoms with Crippen LogP contribution in [0.5, 0.6) is 0 Å². The zero-order chi connectivity index (χ0) is 22.6. The number of benzene rings is 2. The van der Waals surface area contributed by atoms with Crippen molar-refractivity contribution in [3.63, 3.8) is 0 Å². The lowest BCUT2D eigenvalue weighted by Crippen LogP contribution is -2.02. The van der Waals surface area contributed by atoms with Gasteiger partial charge in [-0.15, -0.1) is 5.10 Å². The molecule has 33 heavy (non-hydrogen) atoms. The van der Waals surface area contributed by atoms with Crippen LogP contribution in [0.3, 0.4) is 0 Å². The van der Waals surface area contributed by atoms with E-state index in [1.807, 2.05) is 35.1 Å². The highest BCUT2D eigenvalue weighted by molar-refractivity contribution is 6.31. The summed E-state index contributed by atoms with van der Waals surface area (Å²) in [5.74, 6) is 0.566. The highest BCUT2D eigenvalue weighted by Crippen LogP contribution is 2.26. The molecule has 2 aromatic carbocycles. The fourth-order valence-corrected chi connectivity index (χ4v) is 4.13. The molecule has 0 amide bonds. The molecule has 0 unspecified atom stereocenters. The van der Waals surface area contributed by atoms with E-state index >= 15 is 0 Å². The van der Waals surface area contributed by atoms with Crippen LogP contribution in [0.4, 0.5) is 5.69 Å². The molecule has 7 nitrogen and oxygen atoms in total.